The molecule has 0 saturated carbocycles. The second kappa shape index (κ2) is 9.76. The molecule has 19 heavy (non-hydrogen) atoms. The summed E-state index contributed by atoms with van der Waals surface area (Å²) >= 11 is 0. The molecule has 0 aromatic carbocycles. The Labute approximate surface area is 116 Å². The average molecular weight is 266 g/mol. The molecule has 1 heterocycles. The van der Waals surface area contributed by atoms with Crippen molar-refractivity contribution in [3.63, 3.8) is 0 Å². The van der Waals surface area contributed by atoms with Crippen LogP contribution < -0.4 is 10.6 Å². The van der Waals surface area contributed by atoms with E-state index in [2.05, 4.69) is 22.5 Å². The number of carbonyl (C=O) groups excluding carboxylic acids is 1. The molecule has 1 fully saturated rings. The van der Waals surface area contributed by atoms with Crippen LogP contribution >= 0.6 is 0 Å². The molecule has 0 spiro atoms. The molecule has 5 nitrogen and oxygen atoms in total. The van der Waals surface area contributed by atoms with Gasteiger partial charge in [-0.15, -0.1) is 0 Å². The number of hydrogen-bond acceptors (Lipinski definition) is 4. The first kappa shape index (κ1) is 15.9. The largest absolute Gasteiger partial charge is 0.354 e. The van der Waals surface area contributed by atoms with Crippen molar-refractivity contribution in [1.82, 2.24) is 15.5 Å². The topological polar surface area (TPSA) is 68.2 Å². The summed E-state index contributed by atoms with van der Waals surface area (Å²) < 4.78 is 0. The number of hydrogen-bond donors (Lipinski definition) is 2. The molecule has 0 unspecified atom stereocenters. The van der Waals surface area contributed by atoms with Crippen LogP contribution in [0.15, 0.2) is 0 Å². The predicted octanol–water partition coefficient (Wildman–Crippen LogP) is 0.728. The summed E-state index contributed by atoms with van der Waals surface area (Å²) in [5.74, 6) is 0.794. The first-order valence-corrected chi connectivity index (χ1v) is 7.33. The van der Waals surface area contributed by atoms with E-state index >= 15 is 0 Å². The van der Waals surface area contributed by atoms with Gasteiger partial charge in [0.05, 0.1) is 19.0 Å². The highest BCUT2D eigenvalue weighted by atomic mass is 16.2. The SMILES string of the molecule is CCCNCC1CCN(CC(=O)NCCC#N)CC1. The lowest BCUT2D eigenvalue weighted by Gasteiger charge is -2.31. The minimum Gasteiger partial charge on any atom is -0.354 e. The van der Waals surface area contributed by atoms with Crippen molar-refractivity contribution in [1.29, 1.82) is 5.26 Å². The number of likely N-dealkylation sites (tertiary alicyclic amines) is 1. The summed E-state index contributed by atoms with van der Waals surface area (Å²) in [7, 11) is 0. The molecule has 0 radical (unpaired) electrons. The Morgan fingerprint density at radius 2 is 2.11 bits per heavy atom. The Hall–Kier alpha value is -1.12. The summed E-state index contributed by atoms with van der Waals surface area (Å²) in [6.45, 7) is 7.33. The number of nitriles is 1. The number of nitrogens with one attached hydrogen (secondary N) is 2. The molecule has 1 saturated heterocycles. The maximum Gasteiger partial charge on any atom is 0.234 e. The predicted molar refractivity (Wildman–Crippen MR) is 75.6 cm³/mol. The van der Waals surface area contributed by atoms with Gasteiger partial charge in [0, 0.05) is 6.54 Å². The van der Waals surface area contributed by atoms with Gasteiger partial charge < -0.3 is 10.6 Å². The number of carbonyl (C=O) groups is 1. The van der Waals surface area contributed by atoms with Gasteiger partial charge in [-0.2, -0.15) is 5.26 Å². The summed E-state index contributed by atoms with van der Waals surface area (Å²) in [4.78, 5) is 13.8. The highest BCUT2D eigenvalue weighted by Crippen LogP contribution is 2.15. The molecule has 1 aliphatic heterocycles. The second-order valence-electron chi connectivity index (χ2n) is 5.18. The van der Waals surface area contributed by atoms with Crippen LogP contribution in [0.25, 0.3) is 0 Å². The van der Waals surface area contributed by atoms with Gasteiger partial charge in [0.15, 0.2) is 0 Å². The summed E-state index contributed by atoms with van der Waals surface area (Å²) in [5, 5.41) is 14.6. The van der Waals surface area contributed by atoms with Gasteiger partial charge >= 0.3 is 0 Å². The van der Waals surface area contributed by atoms with Crippen molar-refractivity contribution < 1.29 is 4.79 Å². The first-order valence-electron chi connectivity index (χ1n) is 7.33. The lowest BCUT2D eigenvalue weighted by atomic mass is 9.97. The van der Waals surface area contributed by atoms with E-state index < -0.39 is 0 Å². The van der Waals surface area contributed by atoms with Gasteiger partial charge in [0.25, 0.3) is 0 Å². The molecule has 108 valence electrons. The van der Waals surface area contributed by atoms with E-state index in [1.807, 2.05) is 6.07 Å². The molecule has 0 aromatic rings. The monoisotopic (exact) mass is 266 g/mol. The number of nitrogens with zero attached hydrogens (tertiary/aromatic N) is 2. The van der Waals surface area contributed by atoms with Gasteiger partial charge in [0.1, 0.15) is 0 Å². The third kappa shape index (κ3) is 7.14. The zero-order valence-corrected chi connectivity index (χ0v) is 12.0. The third-order valence-corrected chi connectivity index (χ3v) is 3.49. The average Bonchev–Trinajstić information content (AvgIpc) is 2.41. The fraction of sp³-hybridized carbons (Fsp3) is 0.857. The molecule has 2 N–H and O–H groups in total. The zero-order chi connectivity index (χ0) is 13.9. The van der Waals surface area contributed by atoms with Crippen LogP contribution in [0.4, 0.5) is 0 Å². The maximum atomic E-state index is 11.6. The molecule has 1 amide bonds. The fourth-order valence-electron chi connectivity index (χ4n) is 2.35. The minimum absolute atomic E-state index is 0.0396. The summed E-state index contributed by atoms with van der Waals surface area (Å²) in [6.07, 6.45) is 3.91. The van der Waals surface area contributed by atoms with E-state index in [1.165, 1.54) is 19.3 Å². The molecular weight excluding hydrogens is 240 g/mol. The van der Waals surface area contributed by atoms with Crippen LogP contribution in [0, 0.1) is 17.2 Å². The molecule has 0 aromatic heterocycles. The van der Waals surface area contributed by atoms with Gasteiger partial charge in [0.2, 0.25) is 5.91 Å². The molecule has 1 aliphatic rings. The van der Waals surface area contributed by atoms with Crippen molar-refractivity contribution in [3.05, 3.63) is 0 Å². The molecule has 0 atom stereocenters. The molecule has 0 aliphatic carbocycles. The van der Waals surface area contributed by atoms with Crippen molar-refractivity contribution >= 4 is 5.91 Å². The van der Waals surface area contributed by atoms with E-state index in [-0.39, 0.29) is 5.91 Å². The van der Waals surface area contributed by atoms with Crippen molar-refractivity contribution in [2.24, 2.45) is 5.92 Å². The molecule has 0 bridgehead atoms. The fourth-order valence-corrected chi connectivity index (χ4v) is 2.35. The smallest absolute Gasteiger partial charge is 0.234 e. The zero-order valence-electron chi connectivity index (χ0n) is 12.0. The van der Waals surface area contributed by atoms with E-state index in [0.29, 0.717) is 19.5 Å². The van der Waals surface area contributed by atoms with Crippen LogP contribution in [0.3, 0.4) is 0 Å². The van der Waals surface area contributed by atoms with E-state index in [0.717, 1.165) is 32.1 Å². The van der Waals surface area contributed by atoms with Crippen LogP contribution in [-0.2, 0) is 4.79 Å². The van der Waals surface area contributed by atoms with Crippen LogP contribution in [0.5, 0.6) is 0 Å². The van der Waals surface area contributed by atoms with Crippen molar-refractivity contribution in [3.8, 4) is 6.07 Å². The Morgan fingerprint density at radius 1 is 1.37 bits per heavy atom. The Bertz CT molecular complexity index is 292. The van der Waals surface area contributed by atoms with Crippen molar-refractivity contribution in [2.45, 2.75) is 32.6 Å². The van der Waals surface area contributed by atoms with Crippen LogP contribution in [0.1, 0.15) is 32.6 Å². The van der Waals surface area contributed by atoms with Crippen molar-refractivity contribution in [2.75, 3.05) is 39.3 Å². The highest BCUT2D eigenvalue weighted by Gasteiger charge is 2.20. The lowest BCUT2D eigenvalue weighted by molar-refractivity contribution is -0.122. The van der Waals surface area contributed by atoms with E-state index in [4.69, 9.17) is 5.26 Å². The third-order valence-electron chi connectivity index (χ3n) is 3.49. The molecule has 5 heteroatoms. The Morgan fingerprint density at radius 3 is 2.74 bits per heavy atom. The van der Waals surface area contributed by atoms with Gasteiger partial charge in [-0.05, 0) is 51.4 Å². The minimum atomic E-state index is 0.0396. The quantitative estimate of drug-likeness (QED) is 0.636. The number of amides is 1. The van der Waals surface area contributed by atoms with Gasteiger partial charge in [-0.3, -0.25) is 9.69 Å². The Balaban J connectivity index is 2.09. The number of piperidine rings is 1. The second-order valence-corrected chi connectivity index (χ2v) is 5.18. The molecular formula is C14H26N4O. The first-order chi connectivity index (χ1) is 9.26. The summed E-state index contributed by atoms with van der Waals surface area (Å²) in [6, 6.07) is 2.02. The molecule has 1 rings (SSSR count). The van der Waals surface area contributed by atoms with Crippen LogP contribution in [-0.4, -0.2) is 50.1 Å². The van der Waals surface area contributed by atoms with Gasteiger partial charge in [-0.25, -0.2) is 0 Å². The van der Waals surface area contributed by atoms with Crippen LogP contribution in [0.2, 0.25) is 0 Å². The van der Waals surface area contributed by atoms with Gasteiger partial charge in [-0.1, -0.05) is 6.92 Å². The number of rotatable bonds is 8. The highest BCUT2D eigenvalue weighted by molar-refractivity contribution is 5.78. The standard InChI is InChI=1S/C14H26N4O/c1-2-7-16-11-13-4-9-18(10-5-13)12-14(19)17-8-3-6-15/h13,16H,2-5,7-12H2,1H3,(H,17,19). The van der Waals surface area contributed by atoms with E-state index in [9.17, 15) is 4.79 Å². The maximum absolute atomic E-state index is 11.6. The normalized spacial score (nSPS) is 17.1. The Kier molecular flexibility index (Phi) is 8.19. The summed E-state index contributed by atoms with van der Waals surface area (Å²) in [5.41, 5.74) is 0. The lowest BCUT2D eigenvalue weighted by Crippen LogP contribution is -2.43. The van der Waals surface area contributed by atoms with E-state index in [1.54, 1.807) is 0 Å².